The molecule has 0 bridgehead atoms. The van der Waals surface area contributed by atoms with Gasteiger partial charge in [-0.3, -0.25) is 4.79 Å². The third-order valence-corrected chi connectivity index (χ3v) is 3.83. The van der Waals surface area contributed by atoms with Crippen molar-refractivity contribution in [2.75, 3.05) is 11.4 Å². The lowest BCUT2D eigenvalue weighted by molar-refractivity contribution is -0.114. The van der Waals surface area contributed by atoms with Crippen molar-refractivity contribution in [1.29, 1.82) is 0 Å². The van der Waals surface area contributed by atoms with Crippen molar-refractivity contribution in [3.63, 3.8) is 0 Å². The maximum absolute atomic E-state index is 11.5. The highest BCUT2D eigenvalue weighted by molar-refractivity contribution is 5.99. The summed E-state index contributed by atoms with van der Waals surface area (Å²) in [7, 11) is 0. The van der Waals surface area contributed by atoms with E-state index in [2.05, 4.69) is 23.7 Å². The fourth-order valence-corrected chi connectivity index (χ4v) is 2.61. The molecule has 2 rings (SSSR count). The Kier molecular flexibility index (Phi) is 4.77. The highest BCUT2D eigenvalue weighted by Gasteiger charge is 2.25. The van der Waals surface area contributed by atoms with Crippen LogP contribution in [0.25, 0.3) is 6.08 Å². The average molecular weight is 273 g/mol. The lowest BCUT2D eigenvalue weighted by Gasteiger charge is -2.34. The molecule has 108 valence electrons. The second-order valence-electron chi connectivity index (χ2n) is 5.42. The summed E-state index contributed by atoms with van der Waals surface area (Å²) >= 11 is 0. The molecular weight excluding hydrogens is 250 g/mol. The SMILES string of the molecule is CCCCCC(C)N1CC(C(N)=O)=Cc2cccnc21. The Labute approximate surface area is 120 Å². The number of pyridine rings is 1. The van der Waals surface area contributed by atoms with E-state index in [1.807, 2.05) is 18.2 Å². The van der Waals surface area contributed by atoms with Crippen LogP contribution in [0.2, 0.25) is 0 Å². The van der Waals surface area contributed by atoms with Crippen LogP contribution in [0.3, 0.4) is 0 Å². The van der Waals surface area contributed by atoms with E-state index >= 15 is 0 Å². The van der Waals surface area contributed by atoms with Gasteiger partial charge in [0, 0.05) is 23.4 Å². The fourth-order valence-electron chi connectivity index (χ4n) is 2.61. The van der Waals surface area contributed by atoms with Crippen LogP contribution in [0.5, 0.6) is 0 Å². The Hall–Kier alpha value is -1.84. The van der Waals surface area contributed by atoms with Gasteiger partial charge in [0.15, 0.2) is 0 Å². The zero-order chi connectivity index (χ0) is 14.5. The number of carbonyl (C=O) groups excluding carboxylic acids is 1. The summed E-state index contributed by atoms with van der Waals surface area (Å²) in [5.74, 6) is 0.617. The molecule has 0 spiro atoms. The summed E-state index contributed by atoms with van der Waals surface area (Å²) < 4.78 is 0. The monoisotopic (exact) mass is 273 g/mol. The smallest absolute Gasteiger partial charge is 0.246 e. The molecular formula is C16H23N3O. The summed E-state index contributed by atoms with van der Waals surface area (Å²) in [6, 6.07) is 4.23. The van der Waals surface area contributed by atoms with Crippen molar-refractivity contribution >= 4 is 17.8 Å². The number of unbranched alkanes of at least 4 members (excludes halogenated alkanes) is 2. The van der Waals surface area contributed by atoms with Gasteiger partial charge in [0.2, 0.25) is 5.91 Å². The molecule has 1 aliphatic heterocycles. The number of aromatic nitrogens is 1. The number of amides is 1. The number of fused-ring (bicyclic) bond motifs is 1. The fraction of sp³-hybridized carbons (Fsp3) is 0.500. The van der Waals surface area contributed by atoms with E-state index in [9.17, 15) is 4.79 Å². The second-order valence-corrected chi connectivity index (χ2v) is 5.42. The zero-order valence-corrected chi connectivity index (χ0v) is 12.3. The van der Waals surface area contributed by atoms with Crippen molar-refractivity contribution in [1.82, 2.24) is 4.98 Å². The standard InChI is InChI=1S/C16H23N3O/c1-3-4-5-7-12(2)19-11-14(15(17)20)10-13-8-6-9-18-16(13)19/h6,8-10,12H,3-5,7,11H2,1-2H3,(H2,17,20). The van der Waals surface area contributed by atoms with Crippen LogP contribution >= 0.6 is 0 Å². The van der Waals surface area contributed by atoms with E-state index in [4.69, 9.17) is 5.73 Å². The van der Waals surface area contributed by atoms with E-state index in [-0.39, 0.29) is 5.91 Å². The minimum absolute atomic E-state index is 0.342. The van der Waals surface area contributed by atoms with E-state index in [1.165, 1.54) is 19.3 Å². The Morgan fingerprint density at radius 2 is 2.30 bits per heavy atom. The molecule has 4 heteroatoms. The molecule has 0 radical (unpaired) electrons. The second kappa shape index (κ2) is 6.55. The van der Waals surface area contributed by atoms with Gasteiger partial charge in [-0.1, -0.05) is 26.2 Å². The molecule has 1 amide bonds. The molecule has 0 fully saturated rings. The number of nitrogens with zero attached hydrogens (tertiary/aromatic N) is 2. The predicted octanol–water partition coefficient (Wildman–Crippen LogP) is 2.74. The van der Waals surface area contributed by atoms with Gasteiger partial charge in [-0.15, -0.1) is 0 Å². The van der Waals surface area contributed by atoms with E-state index in [0.717, 1.165) is 17.8 Å². The molecule has 0 aromatic carbocycles. The van der Waals surface area contributed by atoms with E-state index < -0.39 is 0 Å². The van der Waals surface area contributed by atoms with Crippen LogP contribution in [0.15, 0.2) is 23.9 Å². The molecule has 0 aliphatic carbocycles. The minimum Gasteiger partial charge on any atom is -0.366 e. The van der Waals surface area contributed by atoms with Crippen LogP contribution in [-0.4, -0.2) is 23.5 Å². The first kappa shape index (κ1) is 14.6. The first-order valence-electron chi connectivity index (χ1n) is 7.35. The van der Waals surface area contributed by atoms with Gasteiger partial charge < -0.3 is 10.6 Å². The third-order valence-electron chi connectivity index (χ3n) is 3.83. The van der Waals surface area contributed by atoms with Gasteiger partial charge in [-0.25, -0.2) is 4.98 Å². The quantitative estimate of drug-likeness (QED) is 0.811. The van der Waals surface area contributed by atoms with Crippen LogP contribution in [0, 0.1) is 0 Å². The number of primary amides is 1. The maximum Gasteiger partial charge on any atom is 0.246 e. The number of rotatable bonds is 6. The van der Waals surface area contributed by atoms with Gasteiger partial charge in [-0.2, -0.15) is 0 Å². The van der Waals surface area contributed by atoms with Gasteiger partial charge in [-0.05, 0) is 31.6 Å². The molecule has 4 nitrogen and oxygen atoms in total. The highest BCUT2D eigenvalue weighted by Crippen LogP contribution is 2.29. The highest BCUT2D eigenvalue weighted by atomic mass is 16.1. The van der Waals surface area contributed by atoms with Crippen LogP contribution in [0.4, 0.5) is 5.82 Å². The van der Waals surface area contributed by atoms with Gasteiger partial charge in [0.1, 0.15) is 5.82 Å². The number of hydrogen-bond donors (Lipinski definition) is 1. The largest absolute Gasteiger partial charge is 0.366 e. The minimum atomic E-state index is -0.342. The van der Waals surface area contributed by atoms with Crippen LogP contribution in [-0.2, 0) is 4.79 Å². The molecule has 1 aliphatic rings. The lowest BCUT2D eigenvalue weighted by Crippen LogP contribution is -2.40. The molecule has 0 saturated carbocycles. The maximum atomic E-state index is 11.5. The summed E-state index contributed by atoms with van der Waals surface area (Å²) in [4.78, 5) is 18.2. The Bertz CT molecular complexity index is 510. The Morgan fingerprint density at radius 3 is 3.00 bits per heavy atom. The summed E-state index contributed by atoms with van der Waals surface area (Å²) in [6.45, 7) is 4.96. The Morgan fingerprint density at radius 1 is 1.50 bits per heavy atom. The molecule has 1 unspecified atom stereocenters. The molecule has 1 atom stereocenters. The number of hydrogen-bond acceptors (Lipinski definition) is 3. The predicted molar refractivity (Wildman–Crippen MR) is 82.4 cm³/mol. The first-order chi connectivity index (χ1) is 9.63. The van der Waals surface area contributed by atoms with Gasteiger partial charge >= 0.3 is 0 Å². The zero-order valence-electron chi connectivity index (χ0n) is 12.3. The lowest BCUT2D eigenvalue weighted by atomic mass is 10.0. The molecule has 1 aromatic rings. The van der Waals surface area contributed by atoms with Crippen molar-refractivity contribution in [3.05, 3.63) is 29.5 Å². The summed E-state index contributed by atoms with van der Waals surface area (Å²) in [5, 5.41) is 0. The van der Waals surface area contributed by atoms with Crippen molar-refractivity contribution < 1.29 is 4.79 Å². The van der Waals surface area contributed by atoms with Crippen LogP contribution in [0.1, 0.15) is 45.1 Å². The Balaban J connectivity index is 2.21. The number of nitrogens with two attached hydrogens (primary N) is 1. The average Bonchev–Trinajstić information content (AvgIpc) is 2.46. The van der Waals surface area contributed by atoms with Crippen molar-refractivity contribution in [3.8, 4) is 0 Å². The molecule has 2 heterocycles. The first-order valence-corrected chi connectivity index (χ1v) is 7.35. The molecule has 2 N–H and O–H groups in total. The summed E-state index contributed by atoms with van der Waals surface area (Å²) in [5.41, 5.74) is 7.10. The number of anilines is 1. The van der Waals surface area contributed by atoms with Crippen molar-refractivity contribution in [2.24, 2.45) is 5.73 Å². The van der Waals surface area contributed by atoms with Crippen LogP contribution < -0.4 is 10.6 Å². The van der Waals surface area contributed by atoms with E-state index in [0.29, 0.717) is 18.2 Å². The van der Waals surface area contributed by atoms with Crippen molar-refractivity contribution in [2.45, 2.75) is 45.6 Å². The molecule has 20 heavy (non-hydrogen) atoms. The molecule has 1 aromatic heterocycles. The summed E-state index contributed by atoms with van der Waals surface area (Å²) in [6.07, 6.45) is 8.43. The van der Waals surface area contributed by atoms with Gasteiger partial charge in [0.05, 0.1) is 6.54 Å². The van der Waals surface area contributed by atoms with E-state index in [1.54, 1.807) is 6.20 Å². The number of carbonyl (C=O) groups is 1. The third kappa shape index (κ3) is 3.18. The molecule has 0 saturated heterocycles. The topological polar surface area (TPSA) is 59.2 Å². The van der Waals surface area contributed by atoms with Gasteiger partial charge in [0.25, 0.3) is 0 Å². The normalized spacial score (nSPS) is 15.5.